The van der Waals surface area contributed by atoms with E-state index < -0.39 is 0 Å². The first-order valence-corrected chi connectivity index (χ1v) is 8.66. The van der Waals surface area contributed by atoms with Gasteiger partial charge >= 0.3 is 0 Å². The summed E-state index contributed by atoms with van der Waals surface area (Å²) in [6.45, 7) is 3.73. The maximum atomic E-state index is 12.8. The van der Waals surface area contributed by atoms with E-state index in [1.165, 1.54) is 0 Å². The van der Waals surface area contributed by atoms with Crippen molar-refractivity contribution in [2.24, 2.45) is 0 Å². The van der Waals surface area contributed by atoms with Crippen LogP contribution in [-0.4, -0.2) is 20.4 Å². The fraction of sp³-hybridized carbons (Fsp3) is 0.0952. The highest BCUT2D eigenvalue weighted by molar-refractivity contribution is 6.18. The van der Waals surface area contributed by atoms with Crippen molar-refractivity contribution < 1.29 is 9.32 Å². The van der Waals surface area contributed by atoms with Crippen molar-refractivity contribution in [2.45, 2.75) is 13.8 Å². The largest absolute Gasteiger partial charge is 0.361 e. The van der Waals surface area contributed by atoms with E-state index in [4.69, 9.17) is 9.51 Å². The van der Waals surface area contributed by atoms with Gasteiger partial charge < -0.3 is 9.84 Å². The molecule has 5 rings (SSSR count). The van der Waals surface area contributed by atoms with E-state index in [1.54, 1.807) is 13.0 Å². The molecule has 132 valence electrons. The van der Waals surface area contributed by atoms with Gasteiger partial charge in [-0.25, -0.2) is 4.98 Å². The SMILES string of the molecule is Cc1cc(C(=O)Nc2c3ccccc3n3c(C)nc4ccccc4c23)no1. The van der Waals surface area contributed by atoms with E-state index in [1.807, 2.05) is 55.5 Å². The zero-order valence-electron chi connectivity index (χ0n) is 14.9. The van der Waals surface area contributed by atoms with E-state index in [0.29, 0.717) is 5.76 Å². The summed E-state index contributed by atoms with van der Waals surface area (Å²) in [7, 11) is 0. The quantitative estimate of drug-likeness (QED) is 0.505. The zero-order chi connectivity index (χ0) is 18.5. The summed E-state index contributed by atoms with van der Waals surface area (Å²) in [6, 6.07) is 17.5. The molecule has 1 amide bonds. The number of nitrogens with zero attached hydrogens (tertiary/aromatic N) is 3. The second-order valence-corrected chi connectivity index (χ2v) is 6.53. The molecule has 0 saturated heterocycles. The molecular weight excluding hydrogens is 340 g/mol. The number of aryl methyl sites for hydroxylation is 2. The van der Waals surface area contributed by atoms with Gasteiger partial charge in [-0.15, -0.1) is 0 Å². The number of para-hydroxylation sites is 2. The Bertz CT molecular complexity index is 1350. The number of carbonyl (C=O) groups is 1. The Morgan fingerprint density at radius 2 is 1.78 bits per heavy atom. The number of benzene rings is 2. The molecule has 1 N–H and O–H groups in total. The summed E-state index contributed by atoms with van der Waals surface area (Å²) < 4.78 is 7.13. The van der Waals surface area contributed by atoms with Crippen molar-refractivity contribution in [2.75, 3.05) is 5.32 Å². The van der Waals surface area contributed by atoms with E-state index in [-0.39, 0.29) is 11.6 Å². The fourth-order valence-corrected chi connectivity index (χ4v) is 3.60. The summed E-state index contributed by atoms with van der Waals surface area (Å²) >= 11 is 0. The van der Waals surface area contributed by atoms with Gasteiger partial charge in [0.1, 0.15) is 11.6 Å². The molecular formula is C21H16N4O2. The minimum atomic E-state index is -0.302. The fourth-order valence-electron chi connectivity index (χ4n) is 3.60. The number of hydrogen-bond donors (Lipinski definition) is 1. The molecule has 0 unspecified atom stereocenters. The number of anilines is 1. The van der Waals surface area contributed by atoms with Gasteiger partial charge in [0, 0.05) is 16.8 Å². The van der Waals surface area contributed by atoms with E-state index in [2.05, 4.69) is 14.9 Å². The topological polar surface area (TPSA) is 72.4 Å². The van der Waals surface area contributed by atoms with Crippen LogP contribution in [0.25, 0.3) is 27.3 Å². The lowest BCUT2D eigenvalue weighted by Crippen LogP contribution is -2.12. The van der Waals surface area contributed by atoms with Crippen LogP contribution in [0.5, 0.6) is 0 Å². The molecule has 2 aromatic carbocycles. The third-order valence-electron chi connectivity index (χ3n) is 4.74. The molecule has 0 spiro atoms. The van der Waals surface area contributed by atoms with Gasteiger partial charge in [0.15, 0.2) is 5.69 Å². The lowest BCUT2D eigenvalue weighted by atomic mass is 10.1. The maximum Gasteiger partial charge on any atom is 0.277 e. The van der Waals surface area contributed by atoms with Crippen LogP contribution in [0.2, 0.25) is 0 Å². The Labute approximate surface area is 154 Å². The maximum absolute atomic E-state index is 12.8. The van der Waals surface area contributed by atoms with E-state index >= 15 is 0 Å². The minimum Gasteiger partial charge on any atom is -0.361 e. The molecule has 0 saturated carbocycles. The van der Waals surface area contributed by atoms with Crippen molar-refractivity contribution >= 4 is 38.9 Å². The minimum absolute atomic E-state index is 0.256. The molecule has 3 aromatic heterocycles. The summed E-state index contributed by atoms with van der Waals surface area (Å²) in [4.78, 5) is 17.5. The van der Waals surface area contributed by atoms with Gasteiger partial charge in [0.05, 0.1) is 22.2 Å². The van der Waals surface area contributed by atoms with Gasteiger partial charge in [0.25, 0.3) is 5.91 Å². The van der Waals surface area contributed by atoms with Crippen LogP contribution in [-0.2, 0) is 0 Å². The number of fused-ring (bicyclic) bond motifs is 5. The molecule has 6 heteroatoms. The first-order valence-electron chi connectivity index (χ1n) is 8.66. The average molecular weight is 356 g/mol. The highest BCUT2D eigenvalue weighted by Crippen LogP contribution is 2.36. The third-order valence-corrected chi connectivity index (χ3v) is 4.74. The zero-order valence-corrected chi connectivity index (χ0v) is 14.9. The lowest BCUT2D eigenvalue weighted by molar-refractivity contribution is 0.101. The molecule has 0 fully saturated rings. The Kier molecular flexibility index (Phi) is 3.27. The smallest absolute Gasteiger partial charge is 0.277 e. The second-order valence-electron chi connectivity index (χ2n) is 6.53. The molecule has 0 bridgehead atoms. The van der Waals surface area contributed by atoms with Crippen LogP contribution in [0, 0.1) is 13.8 Å². The van der Waals surface area contributed by atoms with Crippen LogP contribution < -0.4 is 5.32 Å². The molecule has 6 nitrogen and oxygen atoms in total. The predicted molar refractivity (Wildman–Crippen MR) is 104 cm³/mol. The number of aromatic nitrogens is 3. The molecule has 3 heterocycles. The van der Waals surface area contributed by atoms with Crippen LogP contribution in [0.1, 0.15) is 22.1 Å². The van der Waals surface area contributed by atoms with Crippen molar-refractivity contribution in [3.8, 4) is 0 Å². The summed E-state index contributed by atoms with van der Waals surface area (Å²) in [6.07, 6.45) is 0. The first-order chi connectivity index (χ1) is 13.1. The first kappa shape index (κ1) is 15.6. The van der Waals surface area contributed by atoms with Gasteiger partial charge in [-0.2, -0.15) is 0 Å². The Morgan fingerprint density at radius 1 is 1.04 bits per heavy atom. The number of nitrogens with one attached hydrogen (secondary N) is 1. The van der Waals surface area contributed by atoms with Gasteiger partial charge in [-0.1, -0.05) is 41.6 Å². The second kappa shape index (κ2) is 5.67. The standard InChI is InChI=1S/C21H16N4O2/c1-12-11-17(24-27-12)21(26)23-19-15-8-4-6-10-18(15)25-13(2)22-16-9-5-3-7-14(16)20(19)25/h3-11H,1-2H3,(H,23,26). The highest BCUT2D eigenvalue weighted by atomic mass is 16.5. The summed E-state index contributed by atoms with van der Waals surface area (Å²) in [5.74, 6) is 1.15. The van der Waals surface area contributed by atoms with Gasteiger partial charge in [0.2, 0.25) is 0 Å². The number of amides is 1. The van der Waals surface area contributed by atoms with Crippen molar-refractivity contribution in [1.82, 2.24) is 14.5 Å². The number of rotatable bonds is 2. The molecule has 0 atom stereocenters. The van der Waals surface area contributed by atoms with E-state index in [0.717, 1.165) is 38.8 Å². The van der Waals surface area contributed by atoms with Gasteiger partial charge in [-0.3, -0.25) is 9.20 Å². The van der Waals surface area contributed by atoms with Crippen molar-refractivity contribution in [3.05, 3.63) is 71.9 Å². The predicted octanol–water partition coefficient (Wildman–Crippen LogP) is 4.50. The summed E-state index contributed by atoms with van der Waals surface area (Å²) in [5, 5.41) is 8.81. The molecule has 5 aromatic rings. The van der Waals surface area contributed by atoms with E-state index in [9.17, 15) is 4.79 Å². The Balaban J connectivity index is 1.85. The van der Waals surface area contributed by atoms with Crippen molar-refractivity contribution in [3.63, 3.8) is 0 Å². The van der Waals surface area contributed by atoms with Gasteiger partial charge in [-0.05, 0) is 26.0 Å². The number of hydrogen-bond acceptors (Lipinski definition) is 4. The normalized spacial score (nSPS) is 11.5. The lowest BCUT2D eigenvalue weighted by Gasteiger charge is -2.08. The molecule has 27 heavy (non-hydrogen) atoms. The Hall–Kier alpha value is -3.67. The van der Waals surface area contributed by atoms with Crippen LogP contribution in [0.3, 0.4) is 0 Å². The third kappa shape index (κ3) is 2.30. The molecule has 0 aliphatic rings. The number of carbonyl (C=O) groups excluding carboxylic acids is 1. The van der Waals surface area contributed by atoms with Crippen LogP contribution >= 0.6 is 0 Å². The van der Waals surface area contributed by atoms with Crippen LogP contribution in [0.4, 0.5) is 5.69 Å². The van der Waals surface area contributed by atoms with Crippen LogP contribution in [0.15, 0.2) is 59.1 Å². The highest BCUT2D eigenvalue weighted by Gasteiger charge is 2.20. The summed E-state index contributed by atoms with van der Waals surface area (Å²) in [5.41, 5.74) is 3.81. The monoisotopic (exact) mass is 356 g/mol. The average Bonchev–Trinajstić information content (AvgIpc) is 3.25. The molecule has 0 aliphatic carbocycles. The van der Waals surface area contributed by atoms with Crippen molar-refractivity contribution in [1.29, 1.82) is 0 Å². The molecule has 0 aliphatic heterocycles. The Morgan fingerprint density at radius 3 is 2.56 bits per heavy atom. The molecule has 0 radical (unpaired) electrons.